The lowest BCUT2D eigenvalue weighted by atomic mass is 10.2. The zero-order chi connectivity index (χ0) is 14.9. The number of carbonyl (C=O) groups is 1. The summed E-state index contributed by atoms with van der Waals surface area (Å²) in [5, 5.41) is 0.757. The lowest BCUT2D eigenvalue weighted by molar-refractivity contribution is -0.146. The van der Waals surface area contributed by atoms with Crippen molar-refractivity contribution < 1.29 is 18.2 Å². The van der Waals surface area contributed by atoms with Crippen molar-refractivity contribution in [1.29, 1.82) is 0 Å². The third kappa shape index (κ3) is 3.30. The van der Waals surface area contributed by atoms with Crippen LogP contribution in [0.4, 0.5) is 0 Å². The Morgan fingerprint density at radius 3 is 2.75 bits per heavy atom. The summed E-state index contributed by atoms with van der Waals surface area (Å²) in [4.78, 5) is 12.3. The Kier molecular flexibility index (Phi) is 4.65. The molecule has 2 aromatic rings. The molecule has 4 nitrogen and oxygen atoms in total. The second-order valence-electron chi connectivity index (χ2n) is 4.66. The molecule has 0 aliphatic heterocycles. The molecule has 0 radical (unpaired) electrons. The van der Waals surface area contributed by atoms with Crippen LogP contribution in [-0.4, -0.2) is 22.5 Å². The highest BCUT2D eigenvalue weighted by Crippen LogP contribution is 2.31. The van der Waals surface area contributed by atoms with Crippen LogP contribution in [0.3, 0.4) is 0 Å². The van der Waals surface area contributed by atoms with E-state index in [1.165, 1.54) is 0 Å². The lowest BCUT2D eigenvalue weighted by Crippen LogP contribution is -2.14. The first-order chi connectivity index (χ1) is 9.38. The summed E-state index contributed by atoms with van der Waals surface area (Å²) in [7, 11) is -1.24. The molecule has 1 atom stereocenters. The average Bonchev–Trinajstić information content (AvgIpc) is 2.64. The molecule has 0 saturated heterocycles. The van der Waals surface area contributed by atoms with Crippen molar-refractivity contribution in [2.24, 2.45) is 0 Å². The van der Waals surface area contributed by atoms with Gasteiger partial charge in [0.25, 0.3) is 0 Å². The second-order valence-corrected chi connectivity index (χ2v) is 6.90. The third-order valence-corrected chi connectivity index (χ3v) is 4.15. The van der Waals surface area contributed by atoms with E-state index in [0.717, 1.165) is 9.86 Å². The number of carbonyl (C=O) groups excluding carboxylic acids is 1. The molecule has 0 spiro atoms. The van der Waals surface area contributed by atoms with E-state index in [0.29, 0.717) is 16.2 Å². The zero-order valence-corrected chi connectivity index (χ0v) is 13.8. The molecule has 0 fully saturated rings. The highest BCUT2D eigenvalue weighted by molar-refractivity contribution is 9.10. The minimum absolute atomic E-state index is 0.0145. The van der Waals surface area contributed by atoms with Gasteiger partial charge in [-0.05, 0) is 32.0 Å². The quantitative estimate of drug-likeness (QED) is 0.785. The molecule has 0 aliphatic carbocycles. The molecule has 6 heteroatoms. The minimum Gasteiger partial charge on any atom is -0.463 e. The Balaban J connectivity index is 2.45. The maximum Gasteiger partial charge on any atom is 0.313 e. The van der Waals surface area contributed by atoms with Gasteiger partial charge in [0.15, 0.2) is 0 Å². The molecule has 20 heavy (non-hydrogen) atoms. The van der Waals surface area contributed by atoms with E-state index in [1.807, 2.05) is 12.1 Å². The molecule has 0 saturated carbocycles. The topological polar surface area (TPSA) is 56.5 Å². The number of benzene rings is 1. The SMILES string of the molecule is CC(C)OC(=O)Cc1oc2ccc(Br)cc2c1S(C)=O. The summed E-state index contributed by atoms with van der Waals surface area (Å²) < 4.78 is 23.6. The summed E-state index contributed by atoms with van der Waals surface area (Å²) in [6.07, 6.45) is 1.37. The Bertz CT molecular complexity index is 675. The highest BCUT2D eigenvalue weighted by atomic mass is 79.9. The molecule has 2 rings (SSSR count). The third-order valence-electron chi connectivity index (χ3n) is 2.63. The molecule has 1 unspecified atom stereocenters. The lowest BCUT2D eigenvalue weighted by Gasteiger charge is -2.06. The number of esters is 1. The van der Waals surface area contributed by atoms with Crippen LogP contribution in [0.1, 0.15) is 19.6 Å². The standard InChI is InChI=1S/C14H15BrO4S/c1-8(2)18-13(16)7-12-14(20(3)17)10-6-9(15)4-5-11(10)19-12/h4-6,8H,7H2,1-3H3. The van der Waals surface area contributed by atoms with Gasteiger partial charge >= 0.3 is 5.97 Å². The first-order valence-electron chi connectivity index (χ1n) is 6.12. The Morgan fingerprint density at radius 2 is 2.15 bits per heavy atom. The van der Waals surface area contributed by atoms with Gasteiger partial charge in [0.05, 0.1) is 21.8 Å². The fourth-order valence-electron chi connectivity index (χ4n) is 1.97. The van der Waals surface area contributed by atoms with Crippen LogP contribution in [0.5, 0.6) is 0 Å². The van der Waals surface area contributed by atoms with Crippen molar-refractivity contribution in [1.82, 2.24) is 0 Å². The van der Waals surface area contributed by atoms with Gasteiger partial charge in [0, 0.05) is 16.1 Å². The van der Waals surface area contributed by atoms with Crippen LogP contribution < -0.4 is 0 Å². The number of furan rings is 1. The molecule has 0 amide bonds. The minimum atomic E-state index is -1.24. The number of fused-ring (bicyclic) bond motifs is 1. The maximum atomic E-state index is 11.9. The molecule has 108 valence electrons. The van der Waals surface area contributed by atoms with Crippen LogP contribution >= 0.6 is 15.9 Å². The Morgan fingerprint density at radius 1 is 1.45 bits per heavy atom. The summed E-state index contributed by atoms with van der Waals surface area (Å²) in [6, 6.07) is 5.46. The number of hydrogen-bond acceptors (Lipinski definition) is 4. The summed E-state index contributed by atoms with van der Waals surface area (Å²) in [6.45, 7) is 3.57. The molecule has 1 aromatic carbocycles. The van der Waals surface area contributed by atoms with Gasteiger partial charge in [-0.3, -0.25) is 9.00 Å². The molecular formula is C14H15BrO4S. The smallest absolute Gasteiger partial charge is 0.313 e. The Labute approximate surface area is 128 Å². The first-order valence-corrected chi connectivity index (χ1v) is 8.47. The maximum absolute atomic E-state index is 11.9. The number of hydrogen-bond donors (Lipinski definition) is 0. The van der Waals surface area contributed by atoms with Gasteiger partial charge in [-0.25, -0.2) is 0 Å². The number of rotatable bonds is 4. The fourth-order valence-corrected chi connectivity index (χ4v) is 3.23. The van der Waals surface area contributed by atoms with Crippen molar-refractivity contribution in [2.75, 3.05) is 6.26 Å². The predicted octanol–water partition coefficient (Wildman–Crippen LogP) is 3.43. The number of halogens is 1. The van der Waals surface area contributed by atoms with Crippen LogP contribution in [-0.2, 0) is 26.8 Å². The van der Waals surface area contributed by atoms with E-state index < -0.39 is 10.8 Å². The first kappa shape index (κ1) is 15.3. The molecule has 0 aliphatic rings. The molecular weight excluding hydrogens is 344 g/mol. The van der Waals surface area contributed by atoms with E-state index in [4.69, 9.17) is 9.15 Å². The number of ether oxygens (including phenoxy) is 1. The average molecular weight is 359 g/mol. The van der Waals surface area contributed by atoms with Crippen molar-refractivity contribution in [3.63, 3.8) is 0 Å². The van der Waals surface area contributed by atoms with E-state index in [1.54, 1.807) is 26.2 Å². The van der Waals surface area contributed by atoms with Crippen LogP contribution in [0, 0.1) is 0 Å². The summed E-state index contributed by atoms with van der Waals surface area (Å²) in [5.41, 5.74) is 0.616. The molecule has 0 bridgehead atoms. The van der Waals surface area contributed by atoms with E-state index in [9.17, 15) is 9.00 Å². The van der Waals surface area contributed by atoms with Crippen LogP contribution in [0.2, 0.25) is 0 Å². The molecule has 1 heterocycles. The van der Waals surface area contributed by atoms with Gasteiger partial charge < -0.3 is 9.15 Å². The predicted molar refractivity (Wildman–Crippen MR) is 81.2 cm³/mol. The summed E-state index contributed by atoms with van der Waals surface area (Å²) in [5.74, 6) is 0.0226. The largest absolute Gasteiger partial charge is 0.463 e. The Hall–Kier alpha value is -1.14. The van der Waals surface area contributed by atoms with Crippen molar-refractivity contribution in [2.45, 2.75) is 31.3 Å². The van der Waals surface area contributed by atoms with E-state index in [2.05, 4.69) is 15.9 Å². The monoisotopic (exact) mass is 358 g/mol. The highest BCUT2D eigenvalue weighted by Gasteiger charge is 2.21. The molecule has 1 aromatic heterocycles. The fraction of sp³-hybridized carbons (Fsp3) is 0.357. The van der Waals surface area contributed by atoms with E-state index in [-0.39, 0.29) is 18.5 Å². The molecule has 0 N–H and O–H groups in total. The summed E-state index contributed by atoms with van der Waals surface area (Å²) >= 11 is 3.38. The van der Waals surface area contributed by atoms with Gasteiger partial charge in [-0.2, -0.15) is 0 Å². The second kappa shape index (κ2) is 6.10. The normalized spacial score (nSPS) is 12.8. The van der Waals surface area contributed by atoms with Gasteiger partial charge in [-0.1, -0.05) is 15.9 Å². The van der Waals surface area contributed by atoms with Crippen LogP contribution in [0.15, 0.2) is 32.0 Å². The van der Waals surface area contributed by atoms with Crippen molar-refractivity contribution in [3.05, 3.63) is 28.4 Å². The van der Waals surface area contributed by atoms with Crippen molar-refractivity contribution in [3.8, 4) is 0 Å². The van der Waals surface area contributed by atoms with Gasteiger partial charge in [0.1, 0.15) is 17.8 Å². The van der Waals surface area contributed by atoms with Gasteiger partial charge in [-0.15, -0.1) is 0 Å². The van der Waals surface area contributed by atoms with Crippen molar-refractivity contribution >= 4 is 43.7 Å². The van der Waals surface area contributed by atoms with Crippen LogP contribution in [0.25, 0.3) is 11.0 Å². The van der Waals surface area contributed by atoms with Gasteiger partial charge in [0.2, 0.25) is 0 Å². The zero-order valence-electron chi connectivity index (χ0n) is 11.4. The van der Waals surface area contributed by atoms with E-state index >= 15 is 0 Å².